The van der Waals surface area contributed by atoms with Crippen LogP contribution in [0.5, 0.6) is 0 Å². The Hall–Kier alpha value is -1.72. The lowest BCUT2D eigenvalue weighted by Crippen LogP contribution is -2.21. The second kappa shape index (κ2) is 5.29. The van der Waals surface area contributed by atoms with Crippen LogP contribution in [-0.4, -0.2) is 27.2 Å². The lowest BCUT2D eigenvalue weighted by molar-refractivity contribution is 0.601. The molecule has 0 bridgehead atoms. The quantitative estimate of drug-likeness (QED) is 0.839. The zero-order chi connectivity index (χ0) is 13.1. The van der Waals surface area contributed by atoms with Gasteiger partial charge in [-0.15, -0.1) is 0 Å². The van der Waals surface area contributed by atoms with E-state index < -0.39 is 11.0 Å². The van der Waals surface area contributed by atoms with Crippen LogP contribution in [0.3, 0.4) is 0 Å². The molecule has 5 heteroatoms. The number of aromatic nitrogens is 1. The van der Waals surface area contributed by atoms with Gasteiger partial charge in [0.2, 0.25) is 0 Å². The highest BCUT2D eigenvalue weighted by Crippen LogP contribution is 2.09. The number of rotatable bonds is 3. The van der Waals surface area contributed by atoms with Crippen molar-refractivity contribution in [2.75, 3.05) is 14.1 Å². The summed E-state index contributed by atoms with van der Waals surface area (Å²) in [5.41, 5.74) is 0.626. The zero-order valence-electron chi connectivity index (χ0n) is 10.2. The molecule has 2 aromatic rings. The number of hydrogen-bond acceptors (Lipinski definition) is 2. The van der Waals surface area contributed by atoms with Gasteiger partial charge in [0.25, 0.3) is 5.56 Å². The molecule has 1 atom stereocenters. The topological polar surface area (TPSA) is 42.3 Å². The van der Waals surface area contributed by atoms with E-state index in [2.05, 4.69) is 0 Å². The van der Waals surface area contributed by atoms with E-state index >= 15 is 0 Å². The molecule has 1 heterocycles. The number of benzene rings is 1. The Morgan fingerprint density at radius 3 is 2.33 bits per heavy atom. The largest absolute Gasteiger partial charge is 0.283 e. The minimum Gasteiger partial charge on any atom is -0.283 e. The third-order valence-electron chi connectivity index (χ3n) is 2.45. The molecular weight excluding hydrogens is 248 g/mol. The molecule has 1 aromatic carbocycles. The molecular formula is C13H14N2O2S. The van der Waals surface area contributed by atoms with Crippen molar-refractivity contribution in [3.8, 4) is 5.69 Å². The van der Waals surface area contributed by atoms with E-state index in [4.69, 9.17) is 0 Å². The first-order valence-corrected chi connectivity index (χ1v) is 6.57. The van der Waals surface area contributed by atoms with Crippen molar-refractivity contribution in [2.24, 2.45) is 0 Å². The van der Waals surface area contributed by atoms with E-state index in [9.17, 15) is 9.00 Å². The van der Waals surface area contributed by atoms with Crippen molar-refractivity contribution in [1.29, 1.82) is 0 Å². The molecule has 0 radical (unpaired) electrons. The third kappa shape index (κ3) is 2.57. The maximum atomic E-state index is 12.0. The first kappa shape index (κ1) is 12.7. The van der Waals surface area contributed by atoms with Crippen molar-refractivity contribution in [3.63, 3.8) is 0 Å². The molecule has 0 N–H and O–H groups in total. The fourth-order valence-corrected chi connectivity index (χ4v) is 2.37. The lowest BCUT2D eigenvalue weighted by Gasteiger charge is -2.11. The van der Waals surface area contributed by atoms with Gasteiger partial charge in [-0.25, -0.2) is 8.51 Å². The van der Waals surface area contributed by atoms with Crippen molar-refractivity contribution in [1.82, 2.24) is 8.87 Å². The van der Waals surface area contributed by atoms with Gasteiger partial charge in [0.1, 0.15) is 11.0 Å². The Morgan fingerprint density at radius 1 is 1.06 bits per heavy atom. The van der Waals surface area contributed by atoms with Gasteiger partial charge in [0.05, 0.1) is 4.90 Å². The molecule has 18 heavy (non-hydrogen) atoms. The molecule has 0 aliphatic heterocycles. The second-order valence-corrected chi connectivity index (χ2v) is 5.67. The van der Waals surface area contributed by atoms with Crippen molar-refractivity contribution in [2.45, 2.75) is 4.90 Å². The van der Waals surface area contributed by atoms with Crippen molar-refractivity contribution >= 4 is 11.0 Å². The summed E-state index contributed by atoms with van der Waals surface area (Å²) in [6.07, 6.45) is 1.62. The number of para-hydroxylation sites is 1. The molecule has 1 aromatic heterocycles. The van der Waals surface area contributed by atoms with Gasteiger partial charge in [0.15, 0.2) is 0 Å². The van der Waals surface area contributed by atoms with Gasteiger partial charge < -0.3 is 0 Å². The minimum atomic E-state index is -1.25. The Labute approximate surface area is 108 Å². The van der Waals surface area contributed by atoms with Gasteiger partial charge in [-0.05, 0) is 32.3 Å². The summed E-state index contributed by atoms with van der Waals surface area (Å²) in [5, 5.41) is 0. The van der Waals surface area contributed by atoms with Crippen LogP contribution < -0.4 is 5.56 Å². The summed E-state index contributed by atoms with van der Waals surface area (Å²) in [5.74, 6) is 0. The fraction of sp³-hybridized carbons (Fsp3) is 0.154. The van der Waals surface area contributed by atoms with E-state index in [0.717, 1.165) is 5.69 Å². The normalized spacial score (nSPS) is 12.6. The van der Waals surface area contributed by atoms with Crippen molar-refractivity contribution in [3.05, 3.63) is 59.0 Å². The van der Waals surface area contributed by atoms with Crippen LogP contribution in [0.15, 0.2) is 58.4 Å². The predicted octanol–water partition coefficient (Wildman–Crippen LogP) is 1.42. The summed E-state index contributed by atoms with van der Waals surface area (Å²) in [4.78, 5) is 12.4. The predicted molar refractivity (Wildman–Crippen MR) is 72.1 cm³/mol. The fourth-order valence-electron chi connectivity index (χ4n) is 1.57. The molecule has 0 aliphatic rings. The van der Waals surface area contributed by atoms with Crippen LogP contribution in [0, 0.1) is 0 Å². The van der Waals surface area contributed by atoms with Crippen LogP contribution in [0.4, 0.5) is 0 Å². The minimum absolute atomic E-state index is 0.138. The number of pyridine rings is 1. The maximum absolute atomic E-state index is 12.0. The first-order valence-electron chi connectivity index (χ1n) is 5.47. The smallest absolute Gasteiger partial charge is 0.255 e. The molecule has 0 saturated heterocycles. The highest BCUT2D eigenvalue weighted by atomic mass is 32.2. The monoisotopic (exact) mass is 262 g/mol. The Balaban J connectivity index is 2.52. The second-order valence-electron chi connectivity index (χ2n) is 3.97. The van der Waals surface area contributed by atoms with Gasteiger partial charge in [-0.3, -0.25) is 9.36 Å². The standard InChI is InChI=1S/C13H14N2O2S/c1-14(2)18(17)12-8-9-13(16)15(10-12)11-6-4-3-5-7-11/h3-10H,1-2H3. The van der Waals surface area contributed by atoms with Crippen LogP contribution in [0.25, 0.3) is 5.69 Å². The van der Waals surface area contributed by atoms with E-state index in [1.54, 1.807) is 30.7 Å². The Bertz CT molecular complexity index is 620. The maximum Gasteiger partial charge on any atom is 0.255 e. The van der Waals surface area contributed by atoms with E-state index in [0.29, 0.717) is 4.90 Å². The summed E-state index contributed by atoms with van der Waals surface area (Å²) in [7, 11) is 2.21. The Morgan fingerprint density at radius 2 is 1.72 bits per heavy atom. The molecule has 94 valence electrons. The molecule has 0 aliphatic carbocycles. The summed E-state index contributed by atoms with van der Waals surface area (Å²) < 4.78 is 15.1. The number of hydrogen-bond donors (Lipinski definition) is 0. The molecule has 4 nitrogen and oxygen atoms in total. The molecule has 0 amide bonds. The average molecular weight is 262 g/mol. The third-order valence-corrected chi connectivity index (χ3v) is 3.76. The van der Waals surface area contributed by atoms with Crippen LogP contribution >= 0.6 is 0 Å². The lowest BCUT2D eigenvalue weighted by atomic mass is 10.3. The van der Waals surface area contributed by atoms with Gasteiger partial charge >= 0.3 is 0 Å². The molecule has 0 fully saturated rings. The average Bonchev–Trinajstić information content (AvgIpc) is 2.39. The van der Waals surface area contributed by atoms with Crippen LogP contribution in [0.1, 0.15) is 0 Å². The van der Waals surface area contributed by atoms with Gasteiger partial charge in [-0.2, -0.15) is 0 Å². The number of nitrogens with zero attached hydrogens (tertiary/aromatic N) is 2. The SMILES string of the molecule is CN(C)S(=O)c1ccc(=O)n(-c2ccccc2)c1. The highest BCUT2D eigenvalue weighted by molar-refractivity contribution is 7.82. The first-order chi connectivity index (χ1) is 8.59. The molecule has 2 rings (SSSR count). The van der Waals surface area contributed by atoms with Crippen molar-refractivity contribution < 1.29 is 4.21 Å². The highest BCUT2D eigenvalue weighted by Gasteiger charge is 2.08. The van der Waals surface area contributed by atoms with E-state index in [1.807, 2.05) is 30.3 Å². The van der Waals surface area contributed by atoms with Gasteiger partial charge in [0, 0.05) is 18.0 Å². The molecule has 1 unspecified atom stereocenters. The van der Waals surface area contributed by atoms with Gasteiger partial charge in [-0.1, -0.05) is 18.2 Å². The summed E-state index contributed by atoms with van der Waals surface area (Å²) in [6.45, 7) is 0. The summed E-state index contributed by atoms with van der Waals surface area (Å²) >= 11 is 0. The zero-order valence-corrected chi connectivity index (χ0v) is 11.1. The molecule has 0 spiro atoms. The van der Waals surface area contributed by atoms with E-state index in [-0.39, 0.29) is 5.56 Å². The van der Waals surface area contributed by atoms with Crippen LogP contribution in [-0.2, 0) is 11.0 Å². The van der Waals surface area contributed by atoms with Crippen LogP contribution in [0.2, 0.25) is 0 Å². The summed E-state index contributed by atoms with van der Waals surface area (Å²) in [6, 6.07) is 12.3. The molecule has 0 saturated carbocycles. The Kier molecular flexibility index (Phi) is 3.74. The van der Waals surface area contributed by atoms with E-state index in [1.165, 1.54) is 10.6 Å².